The molecule has 0 spiro atoms. The second kappa shape index (κ2) is 67.3. The maximum atomic E-state index is 13.6. The quantitative estimate of drug-likeness (QED) is 0.0199. The van der Waals surface area contributed by atoms with Crippen LogP contribution in [0.5, 0.6) is 0 Å². The van der Waals surface area contributed by atoms with Crippen LogP contribution in [0.1, 0.15) is 400 Å². The van der Waals surface area contributed by atoms with Crippen molar-refractivity contribution < 1.29 is 104 Å². The van der Waals surface area contributed by atoms with Gasteiger partial charge in [0.05, 0.1) is 50.7 Å². The Morgan fingerprint density at radius 3 is 1.19 bits per heavy atom. The molecule has 112 heavy (non-hydrogen) atoms. The molecule has 0 aromatic carbocycles. The Bertz CT molecular complexity index is 2260. The number of allylic oxidation sites excluding steroid dienone is 1. The summed E-state index contributed by atoms with van der Waals surface area (Å²) in [6, 6.07) is -2.62. The predicted octanol–water partition coefficient (Wildman–Crippen LogP) is 14.9. The summed E-state index contributed by atoms with van der Waals surface area (Å²) in [5, 5.41) is 137. The average molecular weight is 1600 g/mol. The van der Waals surface area contributed by atoms with Crippen LogP contribution in [0, 0.1) is 0 Å². The van der Waals surface area contributed by atoms with Gasteiger partial charge in [-0.1, -0.05) is 373 Å². The van der Waals surface area contributed by atoms with E-state index in [4.69, 9.17) is 28.4 Å². The molecule has 3 rings (SSSR count). The van der Waals surface area contributed by atoms with Crippen LogP contribution >= 0.6 is 0 Å². The van der Waals surface area contributed by atoms with Gasteiger partial charge in [-0.25, -0.2) is 4.79 Å². The van der Waals surface area contributed by atoms with Crippen molar-refractivity contribution in [2.45, 2.75) is 509 Å². The van der Waals surface area contributed by atoms with E-state index in [0.717, 1.165) is 51.9 Å². The molecule has 23 nitrogen and oxygen atoms in total. The molecule has 2 amide bonds. The number of aliphatic carboxylic acids is 1. The van der Waals surface area contributed by atoms with E-state index in [-0.39, 0.29) is 12.3 Å². The van der Waals surface area contributed by atoms with Crippen molar-refractivity contribution in [2.24, 2.45) is 0 Å². The van der Waals surface area contributed by atoms with Gasteiger partial charge in [0.25, 0.3) is 5.79 Å². The van der Waals surface area contributed by atoms with Crippen LogP contribution in [-0.4, -0.2) is 215 Å². The number of hydrogen-bond donors (Lipinski definition) is 14. The van der Waals surface area contributed by atoms with E-state index in [9.17, 15) is 75.7 Å². The minimum atomic E-state index is -3.08. The molecule has 0 aromatic heterocycles. The van der Waals surface area contributed by atoms with Crippen LogP contribution in [0.2, 0.25) is 0 Å². The van der Waals surface area contributed by atoms with E-state index in [1.165, 1.54) is 308 Å². The Morgan fingerprint density at radius 1 is 0.464 bits per heavy atom. The van der Waals surface area contributed by atoms with E-state index in [1.807, 2.05) is 6.08 Å². The molecule has 23 heteroatoms. The SMILES string of the molecule is CCCCCCCCCCCCCCCCCCCCCCCCC/C=C/C(O)C(COC1OC(CO)C(OC2OC(CO)C(O)C(OC3(C(=O)O)CC(O)C(NC(C)=O)C(C(O)C(O)CO)O3)C2O)C(O)C1O)NC(=O)CCCCCCCCCCCCCCCCCCCCCCCCCCCCCCCCCCC. The van der Waals surface area contributed by atoms with E-state index in [1.54, 1.807) is 6.08 Å². The summed E-state index contributed by atoms with van der Waals surface area (Å²) >= 11 is 0. The lowest BCUT2D eigenvalue weighted by atomic mass is 9.88. The van der Waals surface area contributed by atoms with Crippen molar-refractivity contribution in [1.29, 1.82) is 0 Å². The Hall–Kier alpha value is -2.53. The molecule has 0 saturated carbocycles. The minimum Gasteiger partial charge on any atom is -0.477 e. The van der Waals surface area contributed by atoms with E-state index >= 15 is 0 Å². The number of carbonyl (C=O) groups is 3. The molecule has 0 aliphatic carbocycles. The molecule has 3 fully saturated rings. The summed E-state index contributed by atoms with van der Waals surface area (Å²) in [7, 11) is 0. The maximum Gasteiger partial charge on any atom is 0.364 e. The number of hydrogen-bond acceptors (Lipinski definition) is 20. The molecule has 3 aliphatic heterocycles. The maximum absolute atomic E-state index is 13.6. The van der Waals surface area contributed by atoms with Crippen LogP contribution in [0.4, 0.5) is 0 Å². The third kappa shape index (κ3) is 45.6. The fraction of sp³-hybridized carbons (Fsp3) is 0.944. The lowest BCUT2D eigenvalue weighted by Crippen LogP contribution is -2.70. The van der Waals surface area contributed by atoms with E-state index in [0.29, 0.717) is 12.8 Å². The van der Waals surface area contributed by atoms with Crippen molar-refractivity contribution in [3.05, 3.63) is 12.2 Å². The lowest BCUT2D eigenvalue weighted by molar-refractivity contribution is -0.386. The average Bonchev–Trinajstić information content (AvgIpc) is 0.752. The summed E-state index contributed by atoms with van der Waals surface area (Å²) in [6.45, 7) is 2.23. The normalized spacial score (nSPS) is 25.4. The van der Waals surface area contributed by atoms with Gasteiger partial charge in [0.1, 0.15) is 67.1 Å². The van der Waals surface area contributed by atoms with Gasteiger partial charge >= 0.3 is 5.97 Å². The Labute approximate surface area is 677 Å². The fourth-order valence-electron chi connectivity index (χ4n) is 16.2. The highest BCUT2D eigenvalue weighted by atomic mass is 16.8. The van der Waals surface area contributed by atoms with Crippen molar-refractivity contribution in [2.75, 3.05) is 26.4 Å². The second-order valence-corrected chi connectivity index (χ2v) is 33.5. The molecule has 660 valence electrons. The molecule has 18 unspecified atom stereocenters. The monoisotopic (exact) mass is 1600 g/mol. The third-order valence-electron chi connectivity index (χ3n) is 23.5. The first kappa shape index (κ1) is 104. The molecule has 3 saturated heterocycles. The highest BCUT2D eigenvalue weighted by Crippen LogP contribution is 2.39. The molecule has 3 aliphatic rings. The smallest absolute Gasteiger partial charge is 0.364 e. The highest BCUT2D eigenvalue weighted by Gasteiger charge is 2.60. The number of aliphatic hydroxyl groups is 11. The summed E-state index contributed by atoms with van der Waals surface area (Å²) in [5.74, 6) is -6.13. The zero-order chi connectivity index (χ0) is 81.7. The van der Waals surface area contributed by atoms with Crippen LogP contribution < -0.4 is 10.6 Å². The standard InChI is InChI=1S/C89H168N2O21/c1-4-6-8-10-12-14-16-18-20-22-24-26-28-30-31-32-33-34-35-36-37-39-41-43-45-47-49-51-53-55-57-59-61-63-76(99)91-70(71(96)62-60-58-56-54-52-50-48-46-44-42-40-38-29-27-25-23-21-19-17-15-13-11-9-7-5-2)68-107-86-81(103)80(102)83(75(67-94)109-86)110-87-82(104)85(79(101)74(66-93)108-87)112-89(88(105)106)64-72(97)77(90-69(3)95)84(111-89)78(100)73(98)65-92/h60,62,70-75,77-87,92-94,96-98,100-104H,4-59,61,63-68H2,1-3H3,(H,90,95)(H,91,99)(H,105,106)/b62-60+. The number of unbranched alkanes of at least 4 members (excludes halogenated alkanes) is 55. The van der Waals surface area contributed by atoms with Crippen LogP contribution in [-0.2, 0) is 42.8 Å². The Morgan fingerprint density at radius 2 is 0.830 bits per heavy atom. The van der Waals surface area contributed by atoms with Gasteiger partial charge in [-0.3, -0.25) is 9.59 Å². The number of nitrogens with one attached hydrogen (secondary N) is 2. The molecular weight excluding hydrogens is 1430 g/mol. The second-order valence-electron chi connectivity index (χ2n) is 33.5. The third-order valence-corrected chi connectivity index (χ3v) is 23.5. The molecule has 18 atom stereocenters. The number of aliphatic hydroxyl groups excluding tert-OH is 11. The van der Waals surface area contributed by atoms with Crippen LogP contribution in [0.15, 0.2) is 12.2 Å². The van der Waals surface area contributed by atoms with E-state index in [2.05, 4.69) is 24.5 Å². The van der Waals surface area contributed by atoms with Gasteiger partial charge in [-0.15, -0.1) is 0 Å². The first-order chi connectivity index (χ1) is 54.4. The predicted molar refractivity (Wildman–Crippen MR) is 440 cm³/mol. The minimum absolute atomic E-state index is 0.206. The number of ether oxygens (including phenoxy) is 6. The number of amides is 2. The topological polar surface area (TPSA) is 373 Å². The summed E-state index contributed by atoms with van der Waals surface area (Å²) in [6.07, 6.45) is 48.4. The number of carboxylic acids is 1. The first-order valence-electron chi connectivity index (χ1n) is 46.1. The molecule has 0 bridgehead atoms. The molecule has 0 aromatic rings. The van der Waals surface area contributed by atoms with Crippen molar-refractivity contribution >= 4 is 17.8 Å². The molecular formula is C89H168N2O21. The van der Waals surface area contributed by atoms with Crippen LogP contribution in [0.25, 0.3) is 0 Å². The van der Waals surface area contributed by atoms with Gasteiger partial charge in [-0.2, -0.15) is 0 Å². The zero-order valence-electron chi connectivity index (χ0n) is 70.6. The summed E-state index contributed by atoms with van der Waals surface area (Å²) in [4.78, 5) is 38.8. The van der Waals surface area contributed by atoms with Crippen LogP contribution in [0.3, 0.4) is 0 Å². The highest BCUT2D eigenvalue weighted by molar-refractivity contribution is 5.77. The van der Waals surface area contributed by atoms with Gasteiger partial charge in [0.2, 0.25) is 11.8 Å². The number of carboxylic acid groups (broad SMARTS) is 1. The molecule has 0 radical (unpaired) electrons. The lowest BCUT2D eigenvalue weighted by Gasteiger charge is -2.50. The first-order valence-corrected chi connectivity index (χ1v) is 46.1. The Kier molecular flexibility index (Phi) is 62.3. The van der Waals surface area contributed by atoms with Gasteiger partial charge in [-0.05, 0) is 19.3 Å². The summed E-state index contributed by atoms with van der Waals surface area (Å²) < 4.78 is 35.0. The van der Waals surface area contributed by atoms with Gasteiger partial charge < -0.3 is 100 Å². The van der Waals surface area contributed by atoms with Crippen molar-refractivity contribution in [3.63, 3.8) is 0 Å². The Balaban J connectivity index is 1.44. The number of carbonyl (C=O) groups excluding carboxylic acids is 2. The molecule has 3 heterocycles. The zero-order valence-corrected chi connectivity index (χ0v) is 70.6. The molecule has 14 N–H and O–H groups in total. The van der Waals surface area contributed by atoms with Crippen molar-refractivity contribution in [1.82, 2.24) is 10.6 Å². The number of rotatable bonds is 75. The van der Waals surface area contributed by atoms with Gasteiger partial charge in [0, 0.05) is 19.8 Å². The summed E-state index contributed by atoms with van der Waals surface area (Å²) in [5.41, 5.74) is 0. The van der Waals surface area contributed by atoms with E-state index < -0.39 is 155 Å². The van der Waals surface area contributed by atoms with Crippen molar-refractivity contribution in [3.8, 4) is 0 Å². The van der Waals surface area contributed by atoms with Gasteiger partial charge in [0.15, 0.2) is 12.6 Å². The largest absolute Gasteiger partial charge is 0.477 e. The fourth-order valence-corrected chi connectivity index (χ4v) is 16.2.